The number of hydrogen-bond acceptors (Lipinski definition) is 5. The first-order chi connectivity index (χ1) is 13.3. The number of esters is 1. The molecule has 0 spiro atoms. The molecular weight excluding hydrogens is 356 g/mol. The summed E-state index contributed by atoms with van der Waals surface area (Å²) in [5.74, 6) is 0.633. The van der Waals surface area contributed by atoms with Gasteiger partial charge >= 0.3 is 11.6 Å². The summed E-state index contributed by atoms with van der Waals surface area (Å²) < 4.78 is 11.1. The van der Waals surface area contributed by atoms with E-state index in [1.807, 2.05) is 26.0 Å². The van der Waals surface area contributed by atoms with Gasteiger partial charge in [0.15, 0.2) is 0 Å². The fourth-order valence-corrected chi connectivity index (χ4v) is 6.35. The Morgan fingerprint density at radius 2 is 1.82 bits per heavy atom. The van der Waals surface area contributed by atoms with Crippen molar-refractivity contribution in [2.45, 2.75) is 64.6 Å². The third kappa shape index (κ3) is 2.79. The largest absolute Gasteiger partial charge is 0.460 e. The Balaban J connectivity index is 1.42. The molecular formula is C23H26O5. The predicted molar refractivity (Wildman–Crippen MR) is 104 cm³/mol. The molecule has 2 unspecified atom stereocenters. The van der Waals surface area contributed by atoms with E-state index in [0.29, 0.717) is 29.4 Å². The average molecular weight is 382 g/mol. The van der Waals surface area contributed by atoms with Crippen molar-refractivity contribution in [3.05, 3.63) is 45.3 Å². The van der Waals surface area contributed by atoms with Crippen LogP contribution in [0.2, 0.25) is 0 Å². The minimum Gasteiger partial charge on any atom is -0.460 e. The molecule has 0 amide bonds. The molecule has 4 aliphatic rings. The molecule has 148 valence electrons. The van der Waals surface area contributed by atoms with Crippen LogP contribution >= 0.6 is 0 Å². The van der Waals surface area contributed by atoms with Crippen molar-refractivity contribution in [2.75, 3.05) is 0 Å². The van der Waals surface area contributed by atoms with Gasteiger partial charge < -0.3 is 14.3 Å². The van der Waals surface area contributed by atoms with Gasteiger partial charge in [-0.05, 0) is 87.5 Å². The number of carbonyl (C=O) groups excluding carboxylic acids is 1. The molecule has 4 aliphatic carbocycles. The second-order valence-electron chi connectivity index (χ2n) is 9.57. The second kappa shape index (κ2) is 5.93. The number of fused-ring (bicyclic) bond motifs is 1. The minimum absolute atomic E-state index is 0.0545. The summed E-state index contributed by atoms with van der Waals surface area (Å²) >= 11 is 0. The normalized spacial score (nSPS) is 33.4. The van der Waals surface area contributed by atoms with Crippen LogP contribution in [0.25, 0.3) is 11.0 Å². The zero-order valence-electron chi connectivity index (χ0n) is 16.4. The minimum atomic E-state index is -0.696. The lowest BCUT2D eigenvalue weighted by Crippen LogP contribution is -2.58. The molecule has 1 aromatic heterocycles. The molecule has 4 saturated carbocycles. The van der Waals surface area contributed by atoms with Gasteiger partial charge in [0.1, 0.15) is 12.2 Å². The van der Waals surface area contributed by atoms with Gasteiger partial charge in [0, 0.05) is 17.0 Å². The van der Waals surface area contributed by atoms with Crippen molar-refractivity contribution in [2.24, 2.45) is 17.3 Å². The lowest BCUT2D eigenvalue weighted by atomic mass is 9.48. The van der Waals surface area contributed by atoms with Gasteiger partial charge in [0.25, 0.3) is 0 Å². The molecule has 4 fully saturated rings. The molecule has 1 heterocycles. The smallest absolute Gasteiger partial charge is 0.336 e. The average Bonchev–Trinajstić information content (AvgIpc) is 2.58. The molecule has 4 bridgehead atoms. The van der Waals surface area contributed by atoms with Crippen LogP contribution < -0.4 is 5.63 Å². The standard InChI is InChI=1S/C23H26O5/c1-13-3-18-17(6-20(24)28-19(18)4-14(13)2)11-27-21(25)22-7-15-5-16(8-22)10-23(26,9-15)12-22/h3-4,6,15-16,26H,5,7-12H2,1-2H3/t15-,16+,22?,23?. The van der Waals surface area contributed by atoms with E-state index in [2.05, 4.69) is 0 Å². The first-order valence-corrected chi connectivity index (χ1v) is 10.2. The van der Waals surface area contributed by atoms with Gasteiger partial charge in [-0.25, -0.2) is 4.79 Å². The van der Waals surface area contributed by atoms with E-state index < -0.39 is 16.6 Å². The van der Waals surface area contributed by atoms with E-state index in [1.165, 1.54) is 6.07 Å². The Bertz CT molecular complexity index is 1020. The number of aryl methyl sites for hydroxylation is 2. The van der Waals surface area contributed by atoms with E-state index in [1.54, 1.807) is 0 Å². The Morgan fingerprint density at radius 1 is 1.14 bits per heavy atom. The fourth-order valence-electron chi connectivity index (χ4n) is 6.35. The van der Waals surface area contributed by atoms with E-state index in [9.17, 15) is 14.7 Å². The molecule has 2 aromatic rings. The highest BCUT2D eigenvalue weighted by molar-refractivity contribution is 5.82. The first kappa shape index (κ1) is 17.9. The molecule has 4 atom stereocenters. The summed E-state index contributed by atoms with van der Waals surface area (Å²) in [6.45, 7) is 4.03. The monoisotopic (exact) mass is 382 g/mol. The molecule has 5 nitrogen and oxygen atoms in total. The number of carbonyl (C=O) groups is 1. The highest BCUT2D eigenvalue weighted by Gasteiger charge is 2.60. The van der Waals surface area contributed by atoms with Crippen molar-refractivity contribution < 1.29 is 19.1 Å². The zero-order valence-corrected chi connectivity index (χ0v) is 16.4. The summed E-state index contributed by atoms with van der Waals surface area (Å²) in [7, 11) is 0. The van der Waals surface area contributed by atoms with Gasteiger partial charge in [-0.2, -0.15) is 0 Å². The van der Waals surface area contributed by atoms with Crippen LogP contribution in [-0.4, -0.2) is 16.7 Å². The van der Waals surface area contributed by atoms with Crippen molar-refractivity contribution >= 4 is 16.9 Å². The Labute approximate surface area is 163 Å². The third-order valence-corrected chi connectivity index (χ3v) is 7.27. The number of benzene rings is 1. The second-order valence-corrected chi connectivity index (χ2v) is 9.57. The maximum atomic E-state index is 13.1. The van der Waals surface area contributed by atoms with Crippen LogP contribution in [0.5, 0.6) is 0 Å². The summed E-state index contributed by atoms with van der Waals surface area (Å²) in [4.78, 5) is 25.1. The van der Waals surface area contributed by atoms with Crippen LogP contribution in [-0.2, 0) is 16.1 Å². The van der Waals surface area contributed by atoms with Gasteiger partial charge in [-0.3, -0.25) is 4.79 Å². The topological polar surface area (TPSA) is 76.7 Å². The van der Waals surface area contributed by atoms with Gasteiger partial charge in [0.05, 0.1) is 11.0 Å². The molecule has 1 N–H and O–H groups in total. The highest BCUT2D eigenvalue weighted by Crippen LogP contribution is 2.62. The first-order valence-electron chi connectivity index (χ1n) is 10.2. The van der Waals surface area contributed by atoms with Gasteiger partial charge in [-0.15, -0.1) is 0 Å². The van der Waals surface area contributed by atoms with Crippen LogP contribution in [0.3, 0.4) is 0 Å². The number of ether oxygens (including phenoxy) is 1. The summed E-state index contributed by atoms with van der Waals surface area (Å²) in [5, 5.41) is 11.7. The lowest BCUT2D eigenvalue weighted by Gasteiger charge is -2.58. The Hall–Kier alpha value is -2.14. The molecule has 1 aromatic carbocycles. The fraction of sp³-hybridized carbons (Fsp3) is 0.565. The summed E-state index contributed by atoms with van der Waals surface area (Å²) in [5.41, 5.74) is 1.64. The SMILES string of the molecule is Cc1cc2oc(=O)cc(COC(=O)C34C[C@@H]5C[C@@H](CC(O)(C5)C3)C4)c2cc1C. The van der Waals surface area contributed by atoms with Gasteiger partial charge in [0.2, 0.25) is 0 Å². The number of aliphatic hydroxyl groups is 1. The maximum Gasteiger partial charge on any atom is 0.336 e. The molecule has 5 heteroatoms. The number of hydrogen-bond donors (Lipinski definition) is 1. The van der Waals surface area contributed by atoms with Crippen LogP contribution in [0.15, 0.2) is 27.4 Å². The third-order valence-electron chi connectivity index (χ3n) is 7.27. The van der Waals surface area contributed by atoms with E-state index in [0.717, 1.165) is 48.6 Å². The van der Waals surface area contributed by atoms with Gasteiger partial charge in [-0.1, -0.05) is 0 Å². The Morgan fingerprint density at radius 3 is 2.50 bits per heavy atom. The van der Waals surface area contributed by atoms with Crippen molar-refractivity contribution in [3.63, 3.8) is 0 Å². The van der Waals surface area contributed by atoms with E-state index >= 15 is 0 Å². The van der Waals surface area contributed by atoms with E-state index in [-0.39, 0.29) is 12.6 Å². The quantitative estimate of drug-likeness (QED) is 0.646. The van der Waals surface area contributed by atoms with Crippen LogP contribution in [0, 0.1) is 31.1 Å². The van der Waals surface area contributed by atoms with E-state index in [4.69, 9.17) is 9.15 Å². The van der Waals surface area contributed by atoms with Crippen LogP contribution in [0.4, 0.5) is 0 Å². The Kier molecular flexibility index (Phi) is 3.80. The number of rotatable bonds is 3. The maximum absolute atomic E-state index is 13.1. The van der Waals surface area contributed by atoms with Crippen molar-refractivity contribution in [1.29, 1.82) is 0 Å². The zero-order chi connectivity index (χ0) is 19.7. The molecule has 28 heavy (non-hydrogen) atoms. The molecule has 0 saturated heterocycles. The summed E-state index contributed by atoms with van der Waals surface area (Å²) in [6.07, 6.45) is 4.92. The predicted octanol–water partition coefficient (Wildman–Crippen LogP) is 3.78. The van der Waals surface area contributed by atoms with Crippen molar-refractivity contribution in [1.82, 2.24) is 0 Å². The summed E-state index contributed by atoms with van der Waals surface area (Å²) in [6, 6.07) is 5.24. The van der Waals surface area contributed by atoms with Crippen LogP contribution in [0.1, 0.15) is 55.2 Å². The molecule has 0 radical (unpaired) electrons. The molecule has 6 rings (SSSR count). The highest BCUT2D eigenvalue weighted by atomic mass is 16.5. The molecule has 0 aliphatic heterocycles. The lowest BCUT2D eigenvalue weighted by molar-refractivity contribution is -0.197. The van der Waals surface area contributed by atoms with Crippen molar-refractivity contribution in [3.8, 4) is 0 Å².